The molecular formula is C41H31N3. The topological polar surface area (TPSA) is 13.1 Å². The van der Waals surface area contributed by atoms with Gasteiger partial charge in [-0.1, -0.05) is 105 Å². The maximum Gasteiger partial charge on any atom is 0.0788 e. The second-order valence-electron chi connectivity index (χ2n) is 12.3. The monoisotopic (exact) mass is 565 g/mol. The zero-order chi connectivity index (χ0) is 29.4. The fraction of sp³-hybridized carbons (Fsp3) is 0.0732. The third-order valence-electron chi connectivity index (χ3n) is 9.50. The molecule has 1 aliphatic rings. The van der Waals surface area contributed by atoms with Crippen molar-refractivity contribution in [2.45, 2.75) is 19.3 Å². The van der Waals surface area contributed by atoms with Crippen molar-refractivity contribution in [3.8, 4) is 11.4 Å². The van der Waals surface area contributed by atoms with Crippen LogP contribution in [0.2, 0.25) is 0 Å². The Morgan fingerprint density at radius 3 is 1.89 bits per heavy atom. The summed E-state index contributed by atoms with van der Waals surface area (Å²) >= 11 is 0. The first-order valence-corrected chi connectivity index (χ1v) is 15.3. The number of aromatic nitrogens is 2. The van der Waals surface area contributed by atoms with Gasteiger partial charge in [-0.15, -0.1) is 0 Å². The van der Waals surface area contributed by atoms with Crippen molar-refractivity contribution in [1.29, 1.82) is 0 Å². The van der Waals surface area contributed by atoms with Crippen LogP contribution >= 0.6 is 0 Å². The van der Waals surface area contributed by atoms with Gasteiger partial charge in [-0.05, 0) is 65.7 Å². The Bertz CT molecular complexity index is 2320. The summed E-state index contributed by atoms with van der Waals surface area (Å²) in [5, 5.41) is 3.73. The molecule has 2 aromatic heterocycles. The molecule has 210 valence electrons. The Labute approximate surface area is 256 Å². The summed E-state index contributed by atoms with van der Waals surface area (Å²) in [6.45, 7) is 4.67. The Balaban J connectivity index is 1.34. The minimum atomic E-state index is -0.0947. The highest BCUT2D eigenvalue weighted by Crippen LogP contribution is 2.52. The van der Waals surface area contributed by atoms with Gasteiger partial charge in [0.15, 0.2) is 0 Å². The Kier molecular flexibility index (Phi) is 5.24. The first kappa shape index (κ1) is 25.0. The van der Waals surface area contributed by atoms with E-state index >= 15 is 0 Å². The second kappa shape index (κ2) is 9.23. The van der Waals surface area contributed by atoms with Crippen molar-refractivity contribution in [3.05, 3.63) is 163 Å². The van der Waals surface area contributed by atoms with E-state index in [4.69, 9.17) is 0 Å². The molecule has 0 saturated heterocycles. The molecule has 0 aliphatic carbocycles. The van der Waals surface area contributed by atoms with Crippen LogP contribution < -0.4 is 4.90 Å². The number of nitrogens with zero attached hydrogens (tertiary/aromatic N) is 3. The van der Waals surface area contributed by atoms with E-state index in [1.54, 1.807) is 0 Å². The van der Waals surface area contributed by atoms with Crippen LogP contribution in [0.5, 0.6) is 0 Å². The number of para-hydroxylation sites is 4. The standard InChI is InChI=1S/C41H31N3/c1-41(2)34-18-7-10-21-37(34)43(38-22-11-8-19-35(38)41)30-15-12-16-31(27-30)44-36-20-9-6-17-32(36)33-24-23-28-25-26-42(39(28)40(33)44)29-13-4-3-5-14-29/h3-27H,1-2H3. The molecule has 6 aromatic carbocycles. The van der Waals surface area contributed by atoms with Crippen molar-refractivity contribution in [2.24, 2.45) is 0 Å². The third-order valence-corrected chi connectivity index (χ3v) is 9.50. The van der Waals surface area contributed by atoms with Gasteiger partial charge < -0.3 is 14.0 Å². The van der Waals surface area contributed by atoms with Gasteiger partial charge in [-0.25, -0.2) is 0 Å². The van der Waals surface area contributed by atoms with Gasteiger partial charge in [-0.3, -0.25) is 0 Å². The van der Waals surface area contributed by atoms with Crippen LogP contribution in [0.25, 0.3) is 44.1 Å². The molecule has 3 nitrogen and oxygen atoms in total. The van der Waals surface area contributed by atoms with E-state index in [1.165, 1.54) is 55.2 Å². The first-order chi connectivity index (χ1) is 21.6. The molecule has 8 aromatic rings. The molecule has 0 radical (unpaired) electrons. The fourth-order valence-corrected chi connectivity index (χ4v) is 7.46. The van der Waals surface area contributed by atoms with Crippen LogP contribution in [-0.2, 0) is 5.41 Å². The lowest BCUT2D eigenvalue weighted by molar-refractivity contribution is 0.632. The highest BCUT2D eigenvalue weighted by Gasteiger charge is 2.36. The van der Waals surface area contributed by atoms with Gasteiger partial charge in [0.2, 0.25) is 0 Å². The smallest absolute Gasteiger partial charge is 0.0788 e. The molecule has 0 spiro atoms. The quantitative estimate of drug-likeness (QED) is 0.208. The van der Waals surface area contributed by atoms with Crippen molar-refractivity contribution in [2.75, 3.05) is 4.90 Å². The molecule has 0 saturated carbocycles. The van der Waals surface area contributed by atoms with Crippen LogP contribution in [-0.4, -0.2) is 9.13 Å². The highest BCUT2D eigenvalue weighted by molar-refractivity contribution is 6.18. The van der Waals surface area contributed by atoms with Crippen LogP contribution in [0.15, 0.2) is 152 Å². The number of hydrogen-bond acceptors (Lipinski definition) is 1. The Morgan fingerprint density at radius 2 is 1.11 bits per heavy atom. The minimum absolute atomic E-state index is 0.0947. The largest absolute Gasteiger partial charge is 0.315 e. The SMILES string of the molecule is CC1(C)c2ccccc2N(c2cccc(-n3c4ccccc4c4ccc5ccn(-c6ccccc6)c5c43)c2)c2ccccc21. The second-order valence-corrected chi connectivity index (χ2v) is 12.3. The molecule has 3 heteroatoms. The molecule has 1 aliphatic heterocycles. The molecule has 0 N–H and O–H groups in total. The number of hydrogen-bond donors (Lipinski definition) is 0. The Hall–Kier alpha value is -5.54. The molecular weight excluding hydrogens is 534 g/mol. The molecule has 0 amide bonds. The summed E-state index contributed by atoms with van der Waals surface area (Å²) in [7, 11) is 0. The lowest BCUT2D eigenvalue weighted by atomic mass is 9.73. The van der Waals surface area contributed by atoms with Gasteiger partial charge >= 0.3 is 0 Å². The predicted octanol–water partition coefficient (Wildman–Crippen LogP) is 10.8. The van der Waals surface area contributed by atoms with Crippen molar-refractivity contribution in [1.82, 2.24) is 9.13 Å². The van der Waals surface area contributed by atoms with Crippen molar-refractivity contribution < 1.29 is 0 Å². The minimum Gasteiger partial charge on any atom is -0.315 e. The molecule has 44 heavy (non-hydrogen) atoms. The van der Waals surface area contributed by atoms with Crippen LogP contribution in [0.4, 0.5) is 17.1 Å². The van der Waals surface area contributed by atoms with Gasteiger partial charge in [0.25, 0.3) is 0 Å². The van der Waals surface area contributed by atoms with E-state index in [0.29, 0.717) is 0 Å². The lowest BCUT2D eigenvalue weighted by Crippen LogP contribution is -2.30. The molecule has 0 unspecified atom stereocenters. The van der Waals surface area contributed by atoms with Crippen LogP contribution in [0, 0.1) is 0 Å². The van der Waals surface area contributed by atoms with E-state index in [2.05, 4.69) is 180 Å². The van der Waals surface area contributed by atoms with Crippen LogP contribution in [0.1, 0.15) is 25.0 Å². The summed E-state index contributed by atoms with van der Waals surface area (Å²) in [5.74, 6) is 0. The average molecular weight is 566 g/mol. The first-order valence-electron chi connectivity index (χ1n) is 15.3. The number of rotatable bonds is 3. The van der Waals surface area contributed by atoms with Gasteiger partial charge in [0.1, 0.15) is 0 Å². The molecule has 0 fully saturated rings. The van der Waals surface area contributed by atoms with Gasteiger partial charge in [0, 0.05) is 44.8 Å². The molecule has 9 rings (SSSR count). The van der Waals surface area contributed by atoms with E-state index in [0.717, 1.165) is 17.1 Å². The maximum atomic E-state index is 2.46. The number of benzene rings is 6. The Morgan fingerprint density at radius 1 is 0.477 bits per heavy atom. The summed E-state index contributed by atoms with van der Waals surface area (Å²) in [5.41, 5.74) is 12.1. The number of anilines is 3. The normalized spacial score (nSPS) is 13.8. The zero-order valence-corrected chi connectivity index (χ0v) is 24.8. The van der Waals surface area contributed by atoms with Crippen molar-refractivity contribution >= 4 is 49.8 Å². The van der Waals surface area contributed by atoms with Gasteiger partial charge in [0.05, 0.1) is 27.9 Å². The summed E-state index contributed by atoms with van der Waals surface area (Å²) in [4.78, 5) is 2.44. The van der Waals surface area contributed by atoms with E-state index in [9.17, 15) is 0 Å². The average Bonchev–Trinajstić information content (AvgIpc) is 3.65. The molecule has 3 heterocycles. The third kappa shape index (κ3) is 3.44. The van der Waals surface area contributed by atoms with E-state index in [-0.39, 0.29) is 5.41 Å². The van der Waals surface area contributed by atoms with E-state index in [1.807, 2.05) is 0 Å². The highest BCUT2D eigenvalue weighted by atomic mass is 15.2. The van der Waals surface area contributed by atoms with Crippen LogP contribution in [0.3, 0.4) is 0 Å². The summed E-state index contributed by atoms with van der Waals surface area (Å²) in [6, 6.07) is 53.0. The maximum absolute atomic E-state index is 2.46. The summed E-state index contributed by atoms with van der Waals surface area (Å²) < 4.78 is 4.79. The fourth-order valence-electron chi connectivity index (χ4n) is 7.46. The predicted molar refractivity (Wildman–Crippen MR) is 184 cm³/mol. The molecule has 0 atom stereocenters. The summed E-state index contributed by atoms with van der Waals surface area (Å²) in [6.07, 6.45) is 2.20. The van der Waals surface area contributed by atoms with Crippen molar-refractivity contribution in [3.63, 3.8) is 0 Å². The lowest BCUT2D eigenvalue weighted by Gasteiger charge is -2.42. The zero-order valence-electron chi connectivity index (χ0n) is 24.8. The van der Waals surface area contributed by atoms with Gasteiger partial charge in [-0.2, -0.15) is 0 Å². The molecule has 0 bridgehead atoms. The number of fused-ring (bicyclic) bond motifs is 7. The van der Waals surface area contributed by atoms with E-state index < -0.39 is 0 Å².